The molecule has 7 heteroatoms. The molecule has 3 aromatic rings. The maximum Gasteiger partial charge on any atom is 0.246 e. The molecule has 0 aliphatic carbocycles. The van der Waals surface area contributed by atoms with Crippen molar-refractivity contribution in [2.45, 2.75) is 31.6 Å². The number of rotatable bonds is 5. The minimum absolute atomic E-state index is 0.0681. The first kappa shape index (κ1) is 23.4. The lowest BCUT2D eigenvalue weighted by Gasteiger charge is -2.37. The number of H-pyrrole nitrogens is 1. The Kier molecular flexibility index (Phi) is 7.23. The van der Waals surface area contributed by atoms with Crippen molar-refractivity contribution >= 4 is 46.1 Å². The Morgan fingerprint density at radius 1 is 1.06 bits per heavy atom. The number of hydrogen-bond donors (Lipinski definition) is 1. The van der Waals surface area contributed by atoms with Crippen LogP contribution in [0.5, 0.6) is 0 Å². The fourth-order valence-electron chi connectivity index (χ4n) is 5.34. The molecular weight excluding hydrogens is 467 g/mol. The zero-order valence-electron chi connectivity index (χ0n) is 19.2. The van der Waals surface area contributed by atoms with E-state index >= 15 is 0 Å². The molecule has 0 unspecified atom stereocenters. The van der Waals surface area contributed by atoms with Crippen LogP contribution in [0.2, 0.25) is 10.0 Å². The highest BCUT2D eigenvalue weighted by molar-refractivity contribution is 6.42. The van der Waals surface area contributed by atoms with E-state index in [-0.39, 0.29) is 5.91 Å². The summed E-state index contributed by atoms with van der Waals surface area (Å²) in [6.07, 6.45) is 14.0. The normalized spacial score (nSPS) is 18.8. The molecule has 0 spiro atoms. The van der Waals surface area contributed by atoms with Crippen LogP contribution >= 0.6 is 23.2 Å². The number of nitrogens with one attached hydrogen (secondary N) is 1. The van der Waals surface area contributed by atoms with Gasteiger partial charge in [0.25, 0.3) is 0 Å². The lowest BCUT2D eigenvalue weighted by atomic mass is 9.88. The maximum absolute atomic E-state index is 12.6. The van der Waals surface area contributed by atoms with E-state index < -0.39 is 0 Å². The van der Waals surface area contributed by atoms with Crippen molar-refractivity contribution in [1.29, 1.82) is 0 Å². The third-order valence-corrected chi connectivity index (χ3v) is 8.09. The standard InChI is InChI=1S/C27H30Cl2N4O/c28-24-3-1-19(15-25(24)29)2-4-27(34)33-13-6-20(7-14-33)18-32-11-8-21(9-12-32)22-17-31-26-5-10-30-16-23(22)26/h1-5,10,15-17,20-21,31H,6-9,11-14,18H2/b4-2+. The van der Waals surface area contributed by atoms with Crippen LogP contribution in [0.15, 0.2) is 48.9 Å². The minimum atomic E-state index is 0.0681. The van der Waals surface area contributed by atoms with Gasteiger partial charge in [-0.2, -0.15) is 0 Å². The molecule has 1 N–H and O–H groups in total. The van der Waals surface area contributed by atoms with Crippen LogP contribution in [0.4, 0.5) is 0 Å². The smallest absolute Gasteiger partial charge is 0.246 e. The van der Waals surface area contributed by atoms with Gasteiger partial charge in [-0.1, -0.05) is 29.3 Å². The van der Waals surface area contributed by atoms with Crippen LogP contribution in [0.1, 0.15) is 42.7 Å². The van der Waals surface area contributed by atoms with Crippen LogP contribution in [-0.4, -0.2) is 58.4 Å². The second kappa shape index (κ2) is 10.5. The summed E-state index contributed by atoms with van der Waals surface area (Å²) in [6.45, 7) is 5.08. The molecule has 1 aromatic carbocycles. The summed E-state index contributed by atoms with van der Waals surface area (Å²) >= 11 is 12.0. The highest BCUT2D eigenvalue weighted by atomic mass is 35.5. The highest BCUT2D eigenvalue weighted by Crippen LogP contribution is 2.33. The molecule has 0 bridgehead atoms. The van der Waals surface area contributed by atoms with Gasteiger partial charge in [-0.05, 0) is 86.0 Å². The first-order valence-electron chi connectivity index (χ1n) is 12.1. The molecule has 2 aliphatic heterocycles. The Morgan fingerprint density at radius 2 is 1.85 bits per heavy atom. The number of benzene rings is 1. The van der Waals surface area contributed by atoms with E-state index in [9.17, 15) is 4.79 Å². The summed E-state index contributed by atoms with van der Waals surface area (Å²) in [5, 5.41) is 2.29. The predicted molar refractivity (Wildman–Crippen MR) is 139 cm³/mol. The number of aromatic nitrogens is 2. The molecule has 0 radical (unpaired) electrons. The summed E-state index contributed by atoms with van der Waals surface area (Å²) in [5.41, 5.74) is 3.48. The van der Waals surface area contributed by atoms with E-state index in [1.807, 2.05) is 35.5 Å². The summed E-state index contributed by atoms with van der Waals surface area (Å²) in [6, 6.07) is 7.44. The Labute approximate surface area is 210 Å². The lowest BCUT2D eigenvalue weighted by molar-refractivity contribution is -0.127. The number of halogens is 2. The van der Waals surface area contributed by atoms with Crippen LogP contribution < -0.4 is 0 Å². The molecule has 0 saturated carbocycles. The molecule has 4 heterocycles. The summed E-state index contributed by atoms with van der Waals surface area (Å²) in [7, 11) is 0. The van der Waals surface area contributed by atoms with Crippen molar-refractivity contribution in [3.8, 4) is 0 Å². The van der Waals surface area contributed by atoms with Crippen LogP contribution in [0.25, 0.3) is 17.0 Å². The predicted octanol–water partition coefficient (Wildman–Crippen LogP) is 6.00. The molecule has 5 nitrogen and oxygen atoms in total. The van der Waals surface area contributed by atoms with Crippen molar-refractivity contribution in [1.82, 2.24) is 19.8 Å². The fourth-order valence-corrected chi connectivity index (χ4v) is 5.64. The second-order valence-electron chi connectivity index (χ2n) is 9.52. The Morgan fingerprint density at radius 3 is 2.62 bits per heavy atom. The second-order valence-corrected chi connectivity index (χ2v) is 10.3. The minimum Gasteiger partial charge on any atom is -0.361 e. The van der Waals surface area contributed by atoms with E-state index in [1.54, 1.807) is 18.2 Å². The number of aromatic amines is 1. The summed E-state index contributed by atoms with van der Waals surface area (Å²) in [4.78, 5) is 24.9. The van der Waals surface area contributed by atoms with Gasteiger partial charge in [0.2, 0.25) is 5.91 Å². The van der Waals surface area contributed by atoms with E-state index in [2.05, 4.69) is 21.1 Å². The maximum atomic E-state index is 12.6. The third kappa shape index (κ3) is 5.32. The van der Waals surface area contributed by atoms with Crippen LogP contribution in [-0.2, 0) is 4.79 Å². The van der Waals surface area contributed by atoms with Crippen molar-refractivity contribution in [2.75, 3.05) is 32.7 Å². The van der Waals surface area contributed by atoms with Gasteiger partial charge in [-0.25, -0.2) is 0 Å². The van der Waals surface area contributed by atoms with Gasteiger partial charge in [0.1, 0.15) is 0 Å². The molecule has 1 amide bonds. The van der Waals surface area contributed by atoms with Crippen molar-refractivity contribution < 1.29 is 4.79 Å². The zero-order chi connectivity index (χ0) is 23.5. The number of carbonyl (C=O) groups is 1. The molecule has 2 aromatic heterocycles. The Hall–Kier alpha value is -2.34. The summed E-state index contributed by atoms with van der Waals surface area (Å²) < 4.78 is 0. The number of piperidine rings is 2. The van der Waals surface area contributed by atoms with Gasteiger partial charge < -0.3 is 14.8 Å². The average Bonchev–Trinajstić information content (AvgIpc) is 3.30. The van der Waals surface area contributed by atoms with Crippen molar-refractivity contribution in [3.05, 3.63) is 70.1 Å². The first-order valence-corrected chi connectivity index (χ1v) is 12.9. The number of nitrogens with zero attached hydrogens (tertiary/aromatic N) is 3. The third-order valence-electron chi connectivity index (χ3n) is 7.35. The van der Waals surface area contributed by atoms with Gasteiger partial charge >= 0.3 is 0 Å². The van der Waals surface area contributed by atoms with E-state index in [1.165, 1.54) is 29.3 Å². The quantitative estimate of drug-likeness (QED) is 0.440. The first-order chi connectivity index (χ1) is 16.6. The van der Waals surface area contributed by atoms with E-state index in [0.29, 0.717) is 21.9 Å². The molecule has 0 atom stereocenters. The molecule has 5 rings (SSSR count). The number of likely N-dealkylation sites (tertiary alicyclic amines) is 2. The van der Waals surface area contributed by atoms with Gasteiger partial charge in [0, 0.05) is 55.2 Å². The van der Waals surface area contributed by atoms with Gasteiger partial charge in [-0.15, -0.1) is 0 Å². The topological polar surface area (TPSA) is 52.2 Å². The van der Waals surface area contributed by atoms with Crippen LogP contribution in [0.3, 0.4) is 0 Å². The van der Waals surface area contributed by atoms with Gasteiger partial charge in [-0.3, -0.25) is 9.78 Å². The van der Waals surface area contributed by atoms with Gasteiger partial charge in [0.15, 0.2) is 0 Å². The Balaban J connectivity index is 1.07. The molecule has 2 aliphatic rings. The number of fused-ring (bicyclic) bond motifs is 1. The zero-order valence-corrected chi connectivity index (χ0v) is 20.7. The fraction of sp³-hybridized carbons (Fsp3) is 0.407. The number of amides is 1. The van der Waals surface area contributed by atoms with Crippen molar-refractivity contribution in [3.63, 3.8) is 0 Å². The largest absolute Gasteiger partial charge is 0.361 e. The monoisotopic (exact) mass is 496 g/mol. The summed E-state index contributed by atoms with van der Waals surface area (Å²) in [5.74, 6) is 1.34. The van der Waals surface area contributed by atoms with Gasteiger partial charge in [0.05, 0.1) is 10.0 Å². The molecule has 2 saturated heterocycles. The average molecular weight is 497 g/mol. The van der Waals surface area contributed by atoms with E-state index in [0.717, 1.165) is 51.1 Å². The number of carbonyl (C=O) groups excluding carboxylic acids is 1. The SMILES string of the molecule is O=C(/C=C/c1ccc(Cl)c(Cl)c1)N1CCC(CN2CCC(c3c[nH]c4ccncc34)CC2)CC1. The molecule has 34 heavy (non-hydrogen) atoms. The molecule has 178 valence electrons. The number of hydrogen-bond acceptors (Lipinski definition) is 3. The molecule has 2 fully saturated rings. The molecular formula is C27H30Cl2N4O. The van der Waals surface area contributed by atoms with E-state index in [4.69, 9.17) is 23.2 Å². The van der Waals surface area contributed by atoms with Crippen molar-refractivity contribution in [2.24, 2.45) is 5.92 Å². The number of pyridine rings is 1. The highest BCUT2D eigenvalue weighted by Gasteiger charge is 2.27. The Bertz CT molecular complexity index is 1170. The lowest BCUT2D eigenvalue weighted by Crippen LogP contribution is -2.42. The van der Waals surface area contributed by atoms with Crippen LogP contribution in [0, 0.1) is 5.92 Å².